The van der Waals surface area contributed by atoms with Crippen LogP contribution in [0, 0.1) is 6.92 Å². The molecular weight excluding hydrogens is 454 g/mol. The Kier molecular flexibility index (Phi) is 6.88. The summed E-state index contributed by atoms with van der Waals surface area (Å²) < 4.78 is 48.7. The minimum Gasteiger partial charge on any atom is -0.493 e. The minimum absolute atomic E-state index is 0.0227. The van der Waals surface area contributed by atoms with E-state index in [4.69, 9.17) is 18.9 Å². The molecule has 7 nitrogen and oxygen atoms in total. The third-order valence-corrected chi connectivity index (χ3v) is 6.96. The molecule has 0 spiro atoms. The molecule has 176 valence electrons. The van der Waals surface area contributed by atoms with Crippen LogP contribution in [0.25, 0.3) is 10.9 Å². The van der Waals surface area contributed by atoms with Gasteiger partial charge in [0.1, 0.15) is 28.8 Å². The molecule has 0 N–H and O–H groups in total. The molecule has 1 heterocycles. The van der Waals surface area contributed by atoms with Crippen molar-refractivity contribution >= 4 is 20.7 Å². The van der Waals surface area contributed by atoms with E-state index in [-0.39, 0.29) is 23.0 Å². The molecule has 0 aliphatic carbocycles. The maximum atomic E-state index is 13.1. The molecule has 4 rings (SSSR count). The summed E-state index contributed by atoms with van der Waals surface area (Å²) >= 11 is 0. The van der Waals surface area contributed by atoms with E-state index in [1.165, 1.54) is 6.07 Å². The summed E-state index contributed by atoms with van der Waals surface area (Å²) in [6.45, 7) is 2.00. The van der Waals surface area contributed by atoms with Crippen LogP contribution in [0.1, 0.15) is 5.56 Å². The number of aryl methyl sites for hydroxylation is 1. The Hall–Kier alpha value is -3.78. The maximum absolute atomic E-state index is 13.1. The van der Waals surface area contributed by atoms with Gasteiger partial charge < -0.3 is 18.9 Å². The van der Waals surface area contributed by atoms with Gasteiger partial charge in [-0.3, -0.25) is 4.98 Å². The number of benzene rings is 3. The van der Waals surface area contributed by atoms with E-state index in [1.54, 1.807) is 56.8 Å². The molecule has 4 aromatic rings. The van der Waals surface area contributed by atoms with Crippen molar-refractivity contribution in [1.82, 2.24) is 4.98 Å². The van der Waals surface area contributed by atoms with E-state index >= 15 is 0 Å². The normalized spacial score (nSPS) is 11.3. The average Bonchev–Trinajstić information content (AvgIpc) is 2.85. The van der Waals surface area contributed by atoms with Crippen molar-refractivity contribution in [3.63, 3.8) is 0 Å². The van der Waals surface area contributed by atoms with Gasteiger partial charge in [0.15, 0.2) is 21.3 Å². The van der Waals surface area contributed by atoms with Gasteiger partial charge in [-0.2, -0.15) is 0 Å². The van der Waals surface area contributed by atoms with Crippen molar-refractivity contribution in [2.75, 3.05) is 26.6 Å². The van der Waals surface area contributed by atoms with Gasteiger partial charge in [-0.15, -0.1) is 0 Å². The fourth-order valence-electron chi connectivity index (χ4n) is 3.46. The standard InChI is InChI=1S/C26H25NO6S/c1-18-8-10-19(11-9-18)32-14-15-34(28,29)26-7-5-4-6-23(26)33-22-12-13-27-21-17-25(31-3)24(30-2)16-20(21)22/h4-13,16-17H,14-15H2,1-3H3. The highest BCUT2D eigenvalue weighted by Gasteiger charge is 2.21. The van der Waals surface area contributed by atoms with Crippen LogP contribution in [0.3, 0.4) is 0 Å². The topological polar surface area (TPSA) is 84.0 Å². The van der Waals surface area contributed by atoms with Crippen LogP contribution in [-0.2, 0) is 9.84 Å². The Labute approximate surface area is 198 Å². The van der Waals surface area contributed by atoms with Crippen LogP contribution in [0.5, 0.6) is 28.7 Å². The summed E-state index contributed by atoms with van der Waals surface area (Å²) in [7, 11) is -0.584. The Bertz CT molecular complexity index is 1400. The lowest BCUT2D eigenvalue weighted by atomic mass is 10.2. The minimum atomic E-state index is -3.68. The largest absolute Gasteiger partial charge is 0.493 e. The zero-order valence-corrected chi connectivity index (χ0v) is 20.0. The first kappa shape index (κ1) is 23.4. The highest BCUT2D eigenvalue weighted by Crippen LogP contribution is 2.38. The molecule has 34 heavy (non-hydrogen) atoms. The predicted molar refractivity (Wildman–Crippen MR) is 130 cm³/mol. The number of fused-ring (bicyclic) bond motifs is 1. The highest BCUT2D eigenvalue weighted by atomic mass is 32.2. The van der Waals surface area contributed by atoms with E-state index in [0.29, 0.717) is 33.9 Å². The molecule has 0 fully saturated rings. The van der Waals surface area contributed by atoms with Gasteiger partial charge in [-0.1, -0.05) is 29.8 Å². The van der Waals surface area contributed by atoms with Gasteiger partial charge in [0.05, 0.1) is 25.5 Å². The monoisotopic (exact) mass is 479 g/mol. The van der Waals surface area contributed by atoms with E-state index in [1.807, 2.05) is 31.2 Å². The van der Waals surface area contributed by atoms with Crippen molar-refractivity contribution in [1.29, 1.82) is 0 Å². The van der Waals surface area contributed by atoms with E-state index in [0.717, 1.165) is 5.56 Å². The van der Waals surface area contributed by atoms with Crippen molar-refractivity contribution in [2.24, 2.45) is 0 Å². The van der Waals surface area contributed by atoms with Gasteiger partial charge in [0.25, 0.3) is 0 Å². The van der Waals surface area contributed by atoms with Crippen LogP contribution in [0.2, 0.25) is 0 Å². The SMILES string of the molecule is COc1cc2nccc(Oc3ccccc3S(=O)(=O)CCOc3ccc(C)cc3)c2cc1OC. The van der Waals surface area contributed by atoms with Gasteiger partial charge in [0, 0.05) is 17.6 Å². The lowest BCUT2D eigenvalue weighted by Crippen LogP contribution is -2.15. The van der Waals surface area contributed by atoms with Gasteiger partial charge >= 0.3 is 0 Å². The lowest BCUT2D eigenvalue weighted by Gasteiger charge is -2.15. The van der Waals surface area contributed by atoms with Crippen LogP contribution in [0.4, 0.5) is 0 Å². The van der Waals surface area contributed by atoms with Gasteiger partial charge in [-0.05, 0) is 43.3 Å². The number of aromatic nitrogens is 1. The predicted octanol–water partition coefficient (Wildman–Crippen LogP) is 5.21. The first-order valence-electron chi connectivity index (χ1n) is 10.6. The summed E-state index contributed by atoms with van der Waals surface area (Å²) in [6.07, 6.45) is 1.59. The summed E-state index contributed by atoms with van der Waals surface area (Å²) in [5.74, 6) is 2.16. The number of para-hydroxylation sites is 1. The number of hydrogen-bond donors (Lipinski definition) is 0. The van der Waals surface area contributed by atoms with E-state index in [9.17, 15) is 8.42 Å². The summed E-state index contributed by atoms with van der Waals surface area (Å²) in [6, 6.07) is 19.2. The van der Waals surface area contributed by atoms with E-state index < -0.39 is 9.84 Å². The molecule has 0 unspecified atom stereocenters. The molecule has 0 saturated carbocycles. The Morgan fingerprint density at radius 1 is 0.824 bits per heavy atom. The van der Waals surface area contributed by atoms with Crippen LogP contribution in [0.15, 0.2) is 77.8 Å². The molecule has 0 atom stereocenters. The summed E-state index contributed by atoms with van der Waals surface area (Å²) in [5.41, 5.74) is 1.73. The number of ether oxygens (including phenoxy) is 4. The Morgan fingerprint density at radius 2 is 1.53 bits per heavy atom. The second-order valence-corrected chi connectivity index (χ2v) is 9.64. The van der Waals surface area contributed by atoms with Crippen LogP contribution < -0.4 is 18.9 Å². The molecule has 3 aromatic carbocycles. The Balaban J connectivity index is 1.60. The average molecular weight is 480 g/mol. The van der Waals surface area contributed by atoms with Crippen molar-refractivity contribution < 1.29 is 27.4 Å². The van der Waals surface area contributed by atoms with Crippen LogP contribution >= 0.6 is 0 Å². The first-order chi connectivity index (χ1) is 16.4. The molecule has 8 heteroatoms. The van der Waals surface area contributed by atoms with Crippen molar-refractivity contribution in [3.05, 3.63) is 78.5 Å². The molecule has 0 bridgehead atoms. The molecular formula is C26H25NO6S. The molecule has 1 aromatic heterocycles. The smallest absolute Gasteiger partial charge is 0.185 e. The van der Waals surface area contributed by atoms with Crippen molar-refractivity contribution in [2.45, 2.75) is 11.8 Å². The highest BCUT2D eigenvalue weighted by molar-refractivity contribution is 7.91. The quantitative estimate of drug-likeness (QED) is 0.326. The van der Waals surface area contributed by atoms with E-state index in [2.05, 4.69) is 4.98 Å². The lowest BCUT2D eigenvalue weighted by molar-refractivity contribution is 0.340. The first-order valence-corrected chi connectivity index (χ1v) is 12.3. The summed E-state index contributed by atoms with van der Waals surface area (Å²) in [4.78, 5) is 4.45. The molecule has 0 aliphatic heterocycles. The number of hydrogen-bond acceptors (Lipinski definition) is 7. The third-order valence-electron chi connectivity index (χ3n) is 5.25. The number of methoxy groups -OCH3 is 2. The number of nitrogens with zero attached hydrogens (tertiary/aromatic N) is 1. The molecule has 0 saturated heterocycles. The van der Waals surface area contributed by atoms with Gasteiger partial charge in [0.2, 0.25) is 0 Å². The Morgan fingerprint density at radius 3 is 2.26 bits per heavy atom. The fraction of sp³-hybridized carbons (Fsp3) is 0.192. The zero-order chi connectivity index (χ0) is 24.1. The number of sulfone groups is 1. The van der Waals surface area contributed by atoms with Gasteiger partial charge in [-0.25, -0.2) is 8.42 Å². The molecule has 0 aliphatic rings. The number of pyridine rings is 1. The zero-order valence-electron chi connectivity index (χ0n) is 19.1. The molecule has 0 amide bonds. The van der Waals surface area contributed by atoms with Crippen LogP contribution in [-0.4, -0.2) is 40.0 Å². The number of rotatable bonds is 9. The third kappa shape index (κ3) is 5.07. The van der Waals surface area contributed by atoms with Crippen molar-refractivity contribution in [3.8, 4) is 28.7 Å². The maximum Gasteiger partial charge on any atom is 0.185 e. The second-order valence-electron chi connectivity index (χ2n) is 7.56. The molecule has 0 radical (unpaired) electrons. The fourth-order valence-corrected chi connectivity index (χ4v) is 4.68. The second kappa shape index (κ2) is 10.0. The summed E-state index contributed by atoms with van der Waals surface area (Å²) in [5, 5.41) is 0.662.